The molecule has 4 rings (SSSR count). The van der Waals surface area contributed by atoms with Crippen LogP contribution in [0.15, 0.2) is 36.7 Å². The number of hydrogen-bond donors (Lipinski definition) is 1. The van der Waals surface area contributed by atoms with Crippen LogP contribution in [0.25, 0.3) is 11.0 Å². The summed E-state index contributed by atoms with van der Waals surface area (Å²) < 4.78 is 2.07. The Morgan fingerprint density at radius 2 is 2.04 bits per heavy atom. The summed E-state index contributed by atoms with van der Waals surface area (Å²) in [5, 5.41) is 7.61. The first-order valence-electron chi connectivity index (χ1n) is 9.84. The molecule has 0 radical (unpaired) electrons. The van der Waals surface area contributed by atoms with Crippen LogP contribution in [0, 0.1) is 0 Å². The molecule has 1 aliphatic rings. The number of nitrogens with zero attached hydrogens (tertiary/aromatic N) is 4. The monoisotopic (exact) mass is 365 g/mol. The van der Waals surface area contributed by atoms with E-state index >= 15 is 0 Å². The molecule has 0 atom stereocenters. The smallest absolute Gasteiger partial charge is 0.224 e. The fraction of sp³-hybridized carbons (Fsp3) is 0.476. The SMILES string of the molecule is CC(C)c1cc(C2CCN(C(=O)CCn3cnc4ccccc43)CC2)[nH]n1. The zero-order valence-corrected chi connectivity index (χ0v) is 16.1. The number of nitrogens with one attached hydrogen (secondary N) is 1. The highest BCUT2D eigenvalue weighted by Gasteiger charge is 2.25. The van der Waals surface area contributed by atoms with Crippen LogP contribution < -0.4 is 0 Å². The van der Waals surface area contributed by atoms with Crippen LogP contribution in [0.5, 0.6) is 0 Å². The number of para-hydroxylation sites is 2. The molecule has 2 aromatic heterocycles. The Morgan fingerprint density at radius 3 is 2.78 bits per heavy atom. The van der Waals surface area contributed by atoms with Gasteiger partial charge in [-0.1, -0.05) is 26.0 Å². The third-order valence-electron chi connectivity index (χ3n) is 5.59. The van der Waals surface area contributed by atoms with Crippen LogP contribution >= 0.6 is 0 Å². The standard InChI is InChI=1S/C21H27N5O/c1-15(2)18-13-19(24-23-18)16-7-10-25(11-8-16)21(27)9-12-26-14-22-17-5-3-4-6-20(17)26/h3-6,13-16H,7-12H2,1-2H3,(H,23,24). The first-order valence-corrected chi connectivity index (χ1v) is 9.84. The molecule has 1 aromatic carbocycles. The average molecular weight is 365 g/mol. The van der Waals surface area contributed by atoms with E-state index in [1.165, 1.54) is 5.69 Å². The van der Waals surface area contributed by atoms with E-state index in [-0.39, 0.29) is 5.91 Å². The van der Waals surface area contributed by atoms with Crippen molar-refractivity contribution < 1.29 is 4.79 Å². The number of rotatable bonds is 5. The van der Waals surface area contributed by atoms with Gasteiger partial charge in [0.2, 0.25) is 5.91 Å². The molecule has 142 valence electrons. The normalized spacial score (nSPS) is 15.7. The summed E-state index contributed by atoms with van der Waals surface area (Å²) in [7, 11) is 0. The number of H-pyrrole nitrogens is 1. The molecule has 0 spiro atoms. The Morgan fingerprint density at radius 1 is 1.26 bits per heavy atom. The van der Waals surface area contributed by atoms with Crippen LogP contribution in [0.1, 0.15) is 56.3 Å². The Balaban J connectivity index is 1.30. The van der Waals surface area contributed by atoms with Crippen LogP contribution in [0.3, 0.4) is 0 Å². The first kappa shape index (κ1) is 17.8. The van der Waals surface area contributed by atoms with E-state index in [4.69, 9.17) is 0 Å². The first-order chi connectivity index (χ1) is 13.1. The number of carbonyl (C=O) groups is 1. The van der Waals surface area contributed by atoms with Gasteiger partial charge in [0.15, 0.2) is 0 Å². The van der Waals surface area contributed by atoms with Crippen molar-refractivity contribution in [3.8, 4) is 0 Å². The van der Waals surface area contributed by atoms with E-state index in [0.29, 0.717) is 24.8 Å². The molecule has 3 aromatic rings. The molecule has 6 nitrogen and oxygen atoms in total. The maximum atomic E-state index is 12.6. The quantitative estimate of drug-likeness (QED) is 0.750. The minimum Gasteiger partial charge on any atom is -0.343 e. The number of benzene rings is 1. The molecule has 6 heteroatoms. The van der Waals surface area contributed by atoms with Crippen molar-refractivity contribution in [2.24, 2.45) is 0 Å². The van der Waals surface area contributed by atoms with Crippen molar-refractivity contribution in [1.29, 1.82) is 0 Å². The van der Waals surface area contributed by atoms with Crippen molar-refractivity contribution in [2.45, 2.75) is 51.5 Å². The molecule has 1 amide bonds. The van der Waals surface area contributed by atoms with Gasteiger partial charge >= 0.3 is 0 Å². The van der Waals surface area contributed by atoms with E-state index in [2.05, 4.69) is 39.7 Å². The largest absolute Gasteiger partial charge is 0.343 e. The van der Waals surface area contributed by atoms with Crippen LogP contribution in [-0.2, 0) is 11.3 Å². The summed E-state index contributed by atoms with van der Waals surface area (Å²) in [4.78, 5) is 19.0. The molecule has 1 N–H and O–H groups in total. The molecule has 27 heavy (non-hydrogen) atoms. The van der Waals surface area contributed by atoms with Gasteiger partial charge in [0.25, 0.3) is 0 Å². The topological polar surface area (TPSA) is 66.8 Å². The summed E-state index contributed by atoms with van der Waals surface area (Å²) in [6.07, 6.45) is 4.35. The molecular weight excluding hydrogens is 338 g/mol. The van der Waals surface area contributed by atoms with Crippen LogP contribution in [-0.4, -0.2) is 43.6 Å². The van der Waals surface area contributed by atoms with Gasteiger partial charge < -0.3 is 9.47 Å². The third kappa shape index (κ3) is 3.75. The highest BCUT2D eigenvalue weighted by Crippen LogP contribution is 2.28. The van der Waals surface area contributed by atoms with E-state index in [1.54, 1.807) is 0 Å². The Bertz CT molecular complexity index is 917. The lowest BCUT2D eigenvalue weighted by Crippen LogP contribution is -2.38. The fourth-order valence-electron chi connectivity index (χ4n) is 3.86. The second kappa shape index (κ2) is 7.55. The summed E-state index contributed by atoms with van der Waals surface area (Å²) in [5.41, 5.74) is 4.40. The van der Waals surface area contributed by atoms with Gasteiger partial charge in [-0.05, 0) is 37.0 Å². The maximum absolute atomic E-state index is 12.6. The number of imidazole rings is 1. The van der Waals surface area contributed by atoms with Gasteiger partial charge in [-0.3, -0.25) is 9.89 Å². The molecule has 1 fully saturated rings. The number of carbonyl (C=O) groups excluding carboxylic acids is 1. The Labute approximate surface area is 159 Å². The van der Waals surface area contributed by atoms with Crippen molar-refractivity contribution >= 4 is 16.9 Å². The second-order valence-electron chi connectivity index (χ2n) is 7.73. The molecule has 0 saturated carbocycles. The fourth-order valence-corrected chi connectivity index (χ4v) is 3.86. The molecule has 1 aliphatic heterocycles. The van der Waals surface area contributed by atoms with E-state index in [0.717, 1.165) is 42.7 Å². The third-order valence-corrected chi connectivity index (χ3v) is 5.59. The summed E-state index contributed by atoms with van der Waals surface area (Å²) >= 11 is 0. The predicted molar refractivity (Wildman–Crippen MR) is 106 cm³/mol. The second-order valence-corrected chi connectivity index (χ2v) is 7.73. The zero-order chi connectivity index (χ0) is 18.8. The number of likely N-dealkylation sites (tertiary alicyclic amines) is 1. The molecule has 1 saturated heterocycles. The lowest BCUT2D eigenvalue weighted by molar-refractivity contribution is -0.132. The van der Waals surface area contributed by atoms with Gasteiger partial charge in [0.05, 0.1) is 23.1 Å². The summed E-state index contributed by atoms with van der Waals surface area (Å²) in [5.74, 6) is 1.15. The lowest BCUT2D eigenvalue weighted by Gasteiger charge is -2.31. The van der Waals surface area contributed by atoms with Crippen molar-refractivity contribution in [2.75, 3.05) is 13.1 Å². The number of fused-ring (bicyclic) bond motifs is 1. The van der Waals surface area contributed by atoms with E-state index in [1.807, 2.05) is 35.5 Å². The number of amides is 1. The van der Waals surface area contributed by atoms with Crippen molar-refractivity contribution in [3.05, 3.63) is 48.0 Å². The Kier molecular flexibility index (Phi) is 4.97. The Hall–Kier alpha value is -2.63. The van der Waals surface area contributed by atoms with E-state index in [9.17, 15) is 4.79 Å². The van der Waals surface area contributed by atoms with Gasteiger partial charge in [-0.2, -0.15) is 5.10 Å². The van der Waals surface area contributed by atoms with Crippen LogP contribution in [0.4, 0.5) is 0 Å². The van der Waals surface area contributed by atoms with Gasteiger partial charge in [-0.25, -0.2) is 4.98 Å². The zero-order valence-electron chi connectivity index (χ0n) is 16.1. The molecule has 0 unspecified atom stereocenters. The number of aryl methyl sites for hydroxylation is 1. The minimum absolute atomic E-state index is 0.235. The summed E-state index contributed by atoms with van der Waals surface area (Å²) in [6, 6.07) is 10.2. The molecule has 3 heterocycles. The number of aromatic nitrogens is 4. The average Bonchev–Trinajstić information content (AvgIpc) is 3.34. The maximum Gasteiger partial charge on any atom is 0.224 e. The van der Waals surface area contributed by atoms with E-state index < -0.39 is 0 Å². The molecular formula is C21H27N5O. The number of piperidine rings is 1. The number of hydrogen-bond acceptors (Lipinski definition) is 3. The molecule has 0 bridgehead atoms. The lowest BCUT2D eigenvalue weighted by atomic mass is 9.93. The predicted octanol–water partition coefficient (Wildman–Crippen LogP) is 3.68. The van der Waals surface area contributed by atoms with Crippen molar-refractivity contribution in [1.82, 2.24) is 24.6 Å². The molecule has 0 aliphatic carbocycles. The highest BCUT2D eigenvalue weighted by atomic mass is 16.2. The van der Waals surface area contributed by atoms with Gasteiger partial charge in [0.1, 0.15) is 0 Å². The van der Waals surface area contributed by atoms with Gasteiger partial charge in [0, 0.05) is 37.7 Å². The minimum atomic E-state index is 0.235. The van der Waals surface area contributed by atoms with Crippen molar-refractivity contribution in [3.63, 3.8) is 0 Å². The number of aromatic amines is 1. The van der Waals surface area contributed by atoms with Crippen LogP contribution in [0.2, 0.25) is 0 Å². The van der Waals surface area contributed by atoms with Gasteiger partial charge in [-0.15, -0.1) is 0 Å². The highest BCUT2D eigenvalue weighted by molar-refractivity contribution is 5.77. The summed E-state index contributed by atoms with van der Waals surface area (Å²) in [6.45, 7) is 6.64.